The predicted molar refractivity (Wildman–Crippen MR) is 124 cm³/mol. The Morgan fingerprint density at radius 1 is 1.03 bits per heavy atom. The molecule has 0 saturated carbocycles. The van der Waals surface area contributed by atoms with E-state index in [9.17, 15) is 19.8 Å². The number of ketones is 1. The van der Waals surface area contributed by atoms with Gasteiger partial charge in [-0.3, -0.25) is 9.59 Å². The molecule has 0 bridgehead atoms. The smallest absolute Gasteiger partial charge is 0.290 e. The Morgan fingerprint density at radius 2 is 1.76 bits per heavy atom. The topological polar surface area (TPSA) is 96.3 Å². The Labute approximate surface area is 195 Å². The summed E-state index contributed by atoms with van der Waals surface area (Å²) in [5.41, 5.74) is 1.57. The van der Waals surface area contributed by atoms with Crippen LogP contribution in [0.1, 0.15) is 26.8 Å². The number of aliphatic hydroxyl groups excluding tert-OH is 1. The summed E-state index contributed by atoms with van der Waals surface area (Å²) in [6, 6.07) is 14.4. The molecule has 1 aliphatic rings. The van der Waals surface area contributed by atoms with Crippen LogP contribution in [0.3, 0.4) is 0 Å². The molecule has 0 unspecified atom stereocenters. The van der Waals surface area contributed by atoms with E-state index in [-0.39, 0.29) is 23.7 Å². The molecule has 2 N–H and O–H groups in total. The van der Waals surface area contributed by atoms with Crippen LogP contribution in [0.5, 0.6) is 17.2 Å². The minimum Gasteiger partial charge on any atom is -0.508 e. The van der Waals surface area contributed by atoms with Crippen molar-refractivity contribution in [3.8, 4) is 17.2 Å². The number of thiophene rings is 1. The number of benzene rings is 2. The fourth-order valence-corrected chi connectivity index (χ4v) is 4.62. The molecule has 170 valence electrons. The van der Waals surface area contributed by atoms with Crippen molar-refractivity contribution in [2.75, 3.05) is 20.8 Å². The average Bonchev–Trinajstić information content (AvgIpc) is 3.45. The largest absolute Gasteiger partial charge is 0.508 e. The lowest BCUT2D eigenvalue weighted by Gasteiger charge is -2.27. The Kier molecular flexibility index (Phi) is 6.37. The maximum Gasteiger partial charge on any atom is 0.290 e. The molecule has 1 aliphatic heterocycles. The van der Waals surface area contributed by atoms with Crippen molar-refractivity contribution in [3.05, 3.63) is 87.3 Å². The van der Waals surface area contributed by atoms with Gasteiger partial charge in [-0.1, -0.05) is 24.3 Å². The normalized spacial score (nSPS) is 15.8. The first-order chi connectivity index (χ1) is 15.9. The maximum atomic E-state index is 13.2. The highest BCUT2D eigenvalue weighted by molar-refractivity contribution is 7.12. The first-order valence-corrected chi connectivity index (χ1v) is 11.1. The van der Waals surface area contributed by atoms with Crippen LogP contribution in [-0.4, -0.2) is 47.6 Å². The van der Waals surface area contributed by atoms with Gasteiger partial charge in [-0.05, 0) is 53.3 Å². The van der Waals surface area contributed by atoms with E-state index in [2.05, 4.69) is 0 Å². The van der Waals surface area contributed by atoms with Gasteiger partial charge >= 0.3 is 0 Å². The molecule has 0 fully saturated rings. The average molecular weight is 466 g/mol. The highest BCUT2D eigenvalue weighted by atomic mass is 32.1. The minimum absolute atomic E-state index is 0.0421. The molecule has 1 amide bonds. The van der Waals surface area contributed by atoms with Gasteiger partial charge in [0, 0.05) is 6.54 Å². The number of rotatable bonds is 8. The van der Waals surface area contributed by atoms with Crippen molar-refractivity contribution in [1.82, 2.24) is 4.90 Å². The summed E-state index contributed by atoms with van der Waals surface area (Å²) in [5, 5.41) is 22.2. The molecule has 2 heterocycles. The zero-order valence-electron chi connectivity index (χ0n) is 18.1. The zero-order chi connectivity index (χ0) is 23.5. The van der Waals surface area contributed by atoms with Crippen LogP contribution in [-0.2, 0) is 11.2 Å². The van der Waals surface area contributed by atoms with Gasteiger partial charge in [0.15, 0.2) is 17.3 Å². The second-order valence-electron chi connectivity index (χ2n) is 7.50. The molecule has 33 heavy (non-hydrogen) atoms. The van der Waals surface area contributed by atoms with Crippen molar-refractivity contribution >= 4 is 23.0 Å². The quantitative estimate of drug-likeness (QED) is 0.482. The number of phenolic OH excluding ortho intramolecular Hbond substituents is 1. The second-order valence-corrected chi connectivity index (χ2v) is 8.45. The third kappa shape index (κ3) is 4.29. The van der Waals surface area contributed by atoms with Crippen LogP contribution in [0.25, 0.3) is 0 Å². The molecular formula is C25H23NO6S. The number of nitrogens with zero attached hydrogens (tertiary/aromatic N) is 1. The summed E-state index contributed by atoms with van der Waals surface area (Å²) in [4.78, 5) is 28.2. The highest BCUT2D eigenvalue weighted by Crippen LogP contribution is 2.40. The van der Waals surface area contributed by atoms with Crippen LogP contribution in [0.4, 0.5) is 0 Å². The molecule has 4 rings (SSSR count). The Morgan fingerprint density at radius 3 is 2.39 bits per heavy atom. The van der Waals surface area contributed by atoms with Gasteiger partial charge in [-0.15, -0.1) is 11.3 Å². The van der Waals surface area contributed by atoms with Crippen molar-refractivity contribution in [1.29, 1.82) is 0 Å². The second kappa shape index (κ2) is 9.38. The first kappa shape index (κ1) is 22.4. The van der Waals surface area contributed by atoms with Crippen LogP contribution in [0.15, 0.2) is 71.3 Å². The molecule has 7 nitrogen and oxygen atoms in total. The molecule has 8 heteroatoms. The fourth-order valence-electron chi connectivity index (χ4n) is 3.95. The number of aromatic hydroxyl groups is 1. The number of phenols is 1. The SMILES string of the molecule is COc1ccc(CCN2C(=O)C(O)=C(C(=O)c3cccs3)[C@@H]2c2ccc(O)cc2)cc1OC. The summed E-state index contributed by atoms with van der Waals surface area (Å²) < 4.78 is 10.6. The Balaban J connectivity index is 1.67. The number of amides is 1. The maximum absolute atomic E-state index is 13.2. The summed E-state index contributed by atoms with van der Waals surface area (Å²) >= 11 is 1.25. The molecule has 0 saturated heterocycles. The van der Waals surface area contributed by atoms with Crippen molar-refractivity contribution in [2.45, 2.75) is 12.5 Å². The van der Waals surface area contributed by atoms with Crippen molar-refractivity contribution < 1.29 is 29.3 Å². The lowest BCUT2D eigenvalue weighted by Crippen LogP contribution is -2.33. The lowest BCUT2D eigenvalue weighted by atomic mass is 9.95. The van der Waals surface area contributed by atoms with Crippen LogP contribution < -0.4 is 9.47 Å². The van der Waals surface area contributed by atoms with Gasteiger partial charge in [0.2, 0.25) is 5.78 Å². The van der Waals surface area contributed by atoms with Crippen molar-refractivity contribution in [3.63, 3.8) is 0 Å². The zero-order valence-corrected chi connectivity index (χ0v) is 19.0. The molecule has 0 spiro atoms. The summed E-state index contributed by atoms with van der Waals surface area (Å²) in [6.45, 7) is 0.255. The van der Waals surface area contributed by atoms with E-state index in [0.29, 0.717) is 28.4 Å². The van der Waals surface area contributed by atoms with Gasteiger partial charge in [0.25, 0.3) is 5.91 Å². The monoisotopic (exact) mass is 465 g/mol. The standard InChI is InChI=1S/C25H23NO6S/c1-31-18-10-5-15(14-19(18)32-2)11-12-26-22(16-6-8-17(27)9-7-16)21(24(29)25(26)30)23(28)20-4-3-13-33-20/h3-10,13-14,22,27,29H,11-12H2,1-2H3/t22-/m0/s1. The van der Waals surface area contributed by atoms with E-state index in [0.717, 1.165) is 5.56 Å². The molecule has 3 aromatic rings. The van der Waals surface area contributed by atoms with E-state index in [4.69, 9.17) is 9.47 Å². The van der Waals surface area contributed by atoms with E-state index < -0.39 is 17.7 Å². The number of methoxy groups -OCH3 is 2. The van der Waals surface area contributed by atoms with Gasteiger partial charge < -0.3 is 24.6 Å². The van der Waals surface area contributed by atoms with E-state index in [1.165, 1.54) is 28.4 Å². The third-order valence-corrected chi connectivity index (χ3v) is 6.46. The van der Waals surface area contributed by atoms with Gasteiger partial charge in [0.05, 0.1) is 30.7 Å². The molecule has 2 aromatic carbocycles. The van der Waals surface area contributed by atoms with Crippen LogP contribution in [0, 0.1) is 0 Å². The summed E-state index contributed by atoms with van der Waals surface area (Å²) in [6.07, 6.45) is 0.467. The number of ether oxygens (including phenoxy) is 2. The third-order valence-electron chi connectivity index (χ3n) is 5.59. The Hall–Kier alpha value is -3.78. The van der Waals surface area contributed by atoms with E-state index >= 15 is 0 Å². The van der Waals surface area contributed by atoms with Crippen molar-refractivity contribution in [2.24, 2.45) is 0 Å². The fraction of sp³-hybridized carbons (Fsp3) is 0.200. The highest BCUT2D eigenvalue weighted by Gasteiger charge is 2.43. The number of Topliss-reactive ketones (excluding diaryl/α,β-unsaturated/α-hetero) is 1. The Bertz CT molecular complexity index is 1200. The summed E-state index contributed by atoms with van der Waals surface area (Å²) in [7, 11) is 3.11. The number of carbonyl (C=O) groups excluding carboxylic acids is 2. The van der Waals surface area contributed by atoms with Crippen LogP contribution >= 0.6 is 11.3 Å². The van der Waals surface area contributed by atoms with Gasteiger partial charge in [0.1, 0.15) is 5.75 Å². The van der Waals surface area contributed by atoms with Gasteiger partial charge in [-0.2, -0.15) is 0 Å². The van der Waals surface area contributed by atoms with Crippen LogP contribution in [0.2, 0.25) is 0 Å². The number of carbonyl (C=O) groups is 2. The number of hydrogen-bond acceptors (Lipinski definition) is 7. The molecule has 1 atom stereocenters. The minimum atomic E-state index is -0.771. The molecule has 0 radical (unpaired) electrons. The lowest BCUT2D eigenvalue weighted by molar-refractivity contribution is -0.129. The van der Waals surface area contributed by atoms with E-state index in [1.807, 2.05) is 12.1 Å². The predicted octanol–water partition coefficient (Wildman–Crippen LogP) is 4.29. The van der Waals surface area contributed by atoms with Gasteiger partial charge in [-0.25, -0.2) is 0 Å². The number of hydrogen-bond donors (Lipinski definition) is 2. The molecule has 1 aromatic heterocycles. The summed E-state index contributed by atoms with van der Waals surface area (Å²) in [5.74, 6) is -0.287. The number of aliphatic hydroxyl groups is 1. The van der Waals surface area contributed by atoms with E-state index in [1.54, 1.807) is 49.9 Å². The molecular weight excluding hydrogens is 442 g/mol. The molecule has 0 aliphatic carbocycles. The first-order valence-electron chi connectivity index (χ1n) is 10.3.